The number of amides is 1. The third-order valence-electron chi connectivity index (χ3n) is 3.14. The van der Waals surface area contributed by atoms with Crippen molar-refractivity contribution >= 4 is 5.91 Å². The Labute approximate surface area is 115 Å². The minimum atomic E-state index is -0.163. The SMILES string of the molecule is Cc1ccc(O[C@H]2CCN(C(=O)c3ccno3)C2)nn1. The molecule has 20 heavy (non-hydrogen) atoms. The summed E-state index contributed by atoms with van der Waals surface area (Å²) in [6, 6.07) is 5.18. The number of nitrogens with zero attached hydrogens (tertiary/aromatic N) is 4. The molecule has 104 valence electrons. The Morgan fingerprint density at radius 3 is 3.00 bits per heavy atom. The molecule has 0 N–H and O–H groups in total. The van der Waals surface area contributed by atoms with Crippen molar-refractivity contribution in [3.63, 3.8) is 0 Å². The molecule has 0 aliphatic carbocycles. The zero-order valence-electron chi connectivity index (χ0n) is 11.0. The van der Waals surface area contributed by atoms with Crippen molar-refractivity contribution in [2.75, 3.05) is 13.1 Å². The molecule has 1 atom stereocenters. The Bertz CT molecular complexity index is 582. The van der Waals surface area contributed by atoms with Crippen molar-refractivity contribution in [2.45, 2.75) is 19.4 Å². The lowest BCUT2D eigenvalue weighted by Crippen LogP contribution is -2.30. The number of rotatable bonds is 3. The molecule has 0 radical (unpaired) electrons. The molecule has 2 aromatic heterocycles. The Morgan fingerprint density at radius 2 is 2.30 bits per heavy atom. The maximum absolute atomic E-state index is 12.1. The van der Waals surface area contributed by atoms with E-state index in [4.69, 9.17) is 9.26 Å². The molecule has 0 bridgehead atoms. The van der Waals surface area contributed by atoms with Gasteiger partial charge in [0.05, 0.1) is 18.4 Å². The quantitative estimate of drug-likeness (QED) is 0.832. The maximum atomic E-state index is 12.1. The van der Waals surface area contributed by atoms with Gasteiger partial charge >= 0.3 is 0 Å². The number of carbonyl (C=O) groups excluding carboxylic acids is 1. The van der Waals surface area contributed by atoms with Gasteiger partial charge in [-0.3, -0.25) is 4.79 Å². The van der Waals surface area contributed by atoms with E-state index < -0.39 is 0 Å². The van der Waals surface area contributed by atoms with Crippen LogP contribution in [0.3, 0.4) is 0 Å². The van der Waals surface area contributed by atoms with Gasteiger partial charge in [-0.05, 0) is 13.0 Å². The second-order valence-electron chi connectivity index (χ2n) is 4.67. The van der Waals surface area contributed by atoms with Crippen molar-refractivity contribution in [3.8, 4) is 5.88 Å². The van der Waals surface area contributed by atoms with Gasteiger partial charge < -0.3 is 14.2 Å². The van der Waals surface area contributed by atoms with Crippen molar-refractivity contribution < 1.29 is 14.1 Å². The van der Waals surface area contributed by atoms with Gasteiger partial charge in [0.15, 0.2) is 0 Å². The third-order valence-corrected chi connectivity index (χ3v) is 3.14. The lowest BCUT2D eigenvalue weighted by Gasteiger charge is -2.15. The molecule has 1 aliphatic rings. The van der Waals surface area contributed by atoms with E-state index >= 15 is 0 Å². The normalized spacial score (nSPS) is 18.2. The van der Waals surface area contributed by atoms with Gasteiger partial charge in [-0.2, -0.15) is 5.10 Å². The molecule has 0 saturated carbocycles. The van der Waals surface area contributed by atoms with Crippen LogP contribution in [0.5, 0.6) is 5.88 Å². The summed E-state index contributed by atoms with van der Waals surface area (Å²) in [7, 11) is 0. The summed E-state index contributed by atoms with van der Waals surface area (Å²) in [5.74, 6) is 0.568. The summed E-state index contributed by atoms with van der Waals surface area (Å²) in [4.78, 5) is 13.7. The Hall–Kier alpha value is -2.44. The lowest BCUT2D eigenvalue weighted by molar-refractivity contribution is 0.0730. The Kier molecular flexibility index (Phi) is 3.32. The van der Waals surface area contributed by atoms with E-state index in [-0.39, 0.29) is 17.8 Å². The van der Waals surface area contributed by atoms with Gasteiger partial charge in [-0.25, -0.2) is 0 Å². The fourth-order valence-electron chi connectivity index (χ4n) is 2.11. The first kappa shape index (κ1) is 12.6. The highest BCUT2D eigenvalue weighted by molar-refractivity contribution is 5.91. The number of ether oxygens (including phenoxy) is 1. The third kappa shape index (κ3) is 2.61. The van der Waals surface area contributed by atoms with Crippen LogP contribution in [-0.4, -0.2) is 45.4 Å². The molecular weight excluding hydrogens is 260 g/mol. The topological polar surface area (TPSA) is 81.4 Å². The minimum Gasteiger partial charge on any atom is -0.471 e. The van der Waals surface area contributed by atoms with Crippen LogP contribution in [0, 0.1) is 6.92 Å². The predicted octanol–water partition coefficient (Wildman–Crippen LogP) is 1.07. The van der Waals surface area contributed by atoms with Crippen LogP contribution in [-0.2, 0) is 0 Å². The Morgan fingerprint density at radius 1 is 1.40 bits per heavy atom. The summed E-state index contributed by atoms with van der Waals surface area (Å²) in [5.41, 5.74) is 0.839. The second-order valence-corrected chi connectivity index (χ2v) is 4.67. The molecule has 7 heteroatoms. The molecule has 1 saturated heterocycles. The van der Waals surface area contributed by atoms with E-state index in [1.807, 2.05) is 13.0 Å². The van der Waals surface area contributed by atoms with Gasteiger partial charge in [0.1, 0.15) is 6.10 Å². The smallest absolute Gasteiger partial charge is 0.292 e. The van der Waals surface area contributed by atoms with E-state index in [0.29, 0.717) is 19.0 Å². The van der Waals surface area contributed by atoms with E-state index in [9.17, 15) is 4.79 Å². The molecule has 0 aromatic carbocycles. The van der Waals surface area contributed by atoms with Crippen LogP contribution in [0.2, 0.25) is 0 Å². The summed E-state index contributed by atoms with van der Waals surface area (Å²) < 4.78 is 10.6. The fourth-order valence-corrected chi connectivity index (χ4v) is 2.11. The number of likely N-dealkylation sites (tertiary alicyclic amines) is 1. The van der Waals surface area contributed by atoms with Crippen LogP contribution >= 0.6 is 0 Å². The first-order chi connectivity index (χ1) is 9.72. The molecule has 3 heterocycles. The van der Waals surface area contributed by atoms with Crippen LogP contribution < -0.4 is 4.74 Å². The van der Waals surface area contributed by atoms with Crippen LogP contribution in [0.15, 0.2) is 28.9 Å². The number of carbonyl (C=O) groups is 1. The molecule has 0 spiro atoms. The van der Waals surface area contributed by atoms with Gasteiger partial charge in [0.25, 0.3) is 5.91 Å². The minimum absolute atomic E-state index is 0.0705. The highest BCUT2D eigenvalue weighted by atomic mass is 16.5. The monoisotopic (exact) mass is 274 g/mol. The highest BCUT2D eigenvalue weighted by Gasteiger charge is 2.30. The van der Waals surface area contributed by atoms with Crippen LogP contribution in [0.25, 0.3) is 0 Å². The van der Waals surface area contributed by atoms with Gasteiger partial charge in [-0.1, -0.05) is 5.16 Å². The second kappa shape index (κ2) is 5.28. The highest BCUT2D eigenvalue weighted by Crippen LogP contribution is 2.18. The van der Waals surface area contributed by atoms with Gasteiger partial charge in [0, 0.05) is 25.1 Å². The summed E-state index contributed by atoms with van der Waals surface area (Å²) in [5, 5.41) is 11.4. The summed E-state index contributed by atoms with van der Waals surface area (Å²) in [6.45, 7) is 3.00. The number of hydrogen-bond acceptors (Lipinski definition) is 6. The first-order valence-corrected chi connectivity index (χ1v) is 6.39. The Balaban J connectivity index is 1.59. The standard InChI is InChI=1S/C13H14N4O3/c1-9-2-3-12(16-15-9)19-10-5-7-17(8-10)13(18)11-4-6-14-20-11/h2-4,6,10H,5,7-8H2,1H3/t10-/m0/s1. The van der Waals surface area contributed by atoms with E-state index in [1.54, 1.807) is 17.0 Å². The summed E-state index contributed by atoms with van der Waals surface area (Å²) in [6.07, 6.45) is 2.15. The first-order valence-electron chi connectivity index (χ1n) is 6.39. The molecule has 1 amide bonds. The molecule has 2 aromatic rings. The van der Waals surface area contributed by atoms with E-state index in [0.717, 1.165) is 12.1 Å². The number of hydrogen-bond donors (Lipinski definition) is 0. The number of aryl methyl sites for hydroxylation is 1. The summed E-state index contributed by atoms with van der Waals surface area (Å²) >= 11 is 0. The predicted molar refractivity (Wildman–Crippen MR) is 68.2 cm³/mol. The van der Waals surface area contributed by atoms with Crippen LogP contribution in [0.1, 0.15) is 22.7 Å². The van der Waals surface area contributed by atoms with Gasteiger partial charge in [0.2, 0.25) is 11.6 Å². The molecule has 1 fully saturated rings. The molecule has 1 aliphatic heterocycles. The molecule has 3 rings (SSSR count). The zero-order chi connectivity index (χ0) is 13.9. The van der Waals surface area contributed by atoms with E-state index in [2.05, 4.69) is 15.4 Å². The fraction of sp³-hybridized carbons (Fsp3) is 0.385. The molecular formula is C13H14N4O3. The van der Waals surface area contributed by atoms with Crippen molar-refractivity contribution in [1.29, 1.82) is 0 Å². The average Bonchev–Trinajstić information content (AvgIpc) is 3.12. The van der Waals surface area contributed by atoms with Gasteiger partial charge in [-0.15, -0.1) is 5.10 Å². The zero-order valence-corrected chi connectivity index (χ0v) is 11.0. The lowest BCUT2D eigenvalue weighted by atomic mass is 10.3. The largest absolute Gasteiger partial charge is 0.471 e. The van der Waals surface area contributed by atoms with Crippen molar-refractivity contribution in [3.05, 3.63) is 35.9 Å². The molecule has 7 nitrogen and oxygen atoms in total. The number of aromatic nitrogens is 3. The van der Waals surface area contributed by atoms with Crippen molar-refractivity contribution in [1.82, 2.24) is 20.3 Å². The van der Waals surface area contributed by atoms with E-state index in [1.165, 1.54) is 6.20 Å². The average molecular weight is 274 g/mol. The molecule has 0 unspecified atom stereocenters. The van der Waals surface area contributed by atoms with Crippen LogP contribution in [0.4, 0.5) is 0 Å². The van der Waals surface area contributed by atoms with Crippen molar-refractivity contribution in [2.24, 2.45) is 0 Å². The maximum Gasteiger partial charge on any atom is 0.292 e.